The first-order chi connectivity index (χ1) is 11.0. The molecule has 0 aliphatic carbocycles. The number of esters is 1. The van der Waals surface area contributed by atoms with Gasteiger partial charge in [-0.05, 0) is 30.7 Å². The Balaban J connectivity index is 2.16. The zero-order chi connectivity index (χ0) is 17.1. The van der Waals surface area contributed by atoms with Crippen LogP contribution in [0.4, 0.5) is 0 Å². The van der Waals surface area contributed by atoms with Crippen LogP contribution < -0.4 is 15.6 Å². The van der Waals surface area contributed by atoms with Crippen LogP contribution in [0, 0.1) is 0 Å². The molecule has 1 aromatic rings. The summed E-state index contributed by atoms with van der Waals surface area (Å²) >= 11 is 3.29. The normalized spacial score (nSPS) is 9.83. The number of hydrogen-bond acceptors (Lipinski definition) is 5. The fourth-order valence-electron chi connectivity index (χ4n) is 1.43. The van der Waals surface area contributed by atoms with E-state index in [4.69, 9.17) is 9.47 Å². The number of hydrazine groups is 1. The van der Waals surface area contributed by atoms with Gasteiger partial charge in [0.25, 0.3) is 11.8 Å². The number of nitrogens with one attached hydrogen (secondary N) is 2. The minimum atomic E-state index is -0.619. The second-order valence-corrected chi connectivity index (χ2v) is 5.52. The standard InChI is InChI=1S/C15H19BrN2O5/c1-2-3-4-15(21)23-10-14(20)18-17-13(19)9-22-12-7-5-11(16)6-8-12/h5-8H,2-4,9-10H2,1H3,(H,17,19)(H,18,20). The lowest BCUT2D eigenvalue weighted by atomic mass is 10.2. The van der Waals surface area contributed by atoms with Crippen molar-refractivity contribution in [3.63, 3.8) is 0 Å². The number of unbranched alkanes of at least 4 members (excludes halogenated alkanes) is 1. The molecule has 0 aromatic heterocycles. The first-order valence-corrected chi connectivity index (χ1v) is 7.92. The van der Waals surface area contributed by atoms with Gasteiger partial charge in [-0.15, -0.1) is 0 Å². The molecule has 0 aliphatic heterocycles. The second kappa shape index (κ2) is 10.6. The zero-order valence-corrected chi connectivity index (χ0v) is 14.4. The van der Waals surface area contributed by atoms with Crippen LogP contribution in [-0.4, -0.2) is 31.0 Å². The van der Waals surface area contributed by atoms with Crippen molar-refractivity contribution in [3.05, 3.63) is 28.7 Å². The van der Waals surface area contributed by atoms with Crippen LogP contribution in [0.25, 0.3) is 0 Å². The van der Waals surface area contributed by atoms with Gasteiger partial charge in [0.15, 0.2) is 13.2 Å². The number of carbonyl (C=O) groups is 3. The summed E-state index contributed by atoms with van der Waals surface area (Å²) in [5, 5.41) is 0. The molecule has 0 saturated heterocycles. The topological polar surface area (TPSA) is 93.7 Å². The molecule has 0 heterocycles. The second-order valence-electron chi connectivity index (χ2n) is 4.60. The van der Waals surface area contributed by atoms with E-state index in [-0.39, 0.29) is 13.0 Å². The fraction of sp³-hybridized carbons (Fsp3) is 0.400. The Bertz CT molecular complexity index is 533. The van der Waals surface area contributed by atoms with Gasteiger partial charge in [-0.25, -0.2) is 0 Å². The summed E-state index contributed by atoms with van der Waals surface area (Å²) in [6, 6.07) is 6.96. The van der Waals surface area contributed by atoms with Gasteiger partial charge in [0.05, 0.1) is 0 Å². The molecule has 0 bridgehead atoms. The van der Waals surface area contributed by atoms with E-state index in [1.54, 1.807) is 24.3 Å². The summed E-state index contributed by atoms with van der Waals surface area (Å²) in [5.41, 5.74) is 4.30. The maximum Gasteiger partial charge on any atom is 0.306 e. The lowest BCUT2D eigenvalue weighted by Gasteiger charge is -2.09. The van der Waals surface area contributed by atoms with Crippen LogP contribution >= 0.6 is 15.9 Å². The average molecular weight is 387 g/mol. The summed E-state index contributed by atoms with van der Waals surface area (Å²) in [5.74, 6) is -1.06. The third-order valence-corrected chi connectivity index (χ3v) is 3.15. The van der Waals surface area contributed by atoms with E-state index in [0.717, 1.165) is 10.9 Å². The molecule has 0 fully saturated rings. The van der Waals surface area contributed by atoms with Gasteiger partial charge in [-0.1, -0.05) is 29.3 Å². The van der Waals surface area contributed by atoms with Crippen molar-refractivity contribution in [1.29, 1.82) is 0 Å². The minimum absolute atomic E-state index is 0.252. The minimum Gasteiger partial charge on any atom is -0.484 e. The molecule has 1 aromatic carbocycles. The highest BCUT2D eigenvalue weighted by molar-refractivity contribution is 9.10. The Morgan fingerprint density at radius 1 is 1.04 bits per heavy atom. The number of rotatable bonds is 8. The lowest BCUT2D eigenvalue weighted by Crippen LogP contribution is -2.45. The number of benzene rings is 1. The van der Waals surface area contributed by atoms with E-state index in [2.05, 4.69) is 26.8 Å². The van der Waals surface area contributed by atoms with E-state index in [1.807, 2.05) is 6.92 Å². The van der Waals surface area contributed by atoms with Gasteiger partial charge in [0.2, 0.25) is 0 Å². The highest BCUT2D eigenvalue weighted by Gasteiger charge is 2.08. The number of carbonyl (C=O) groups excluding carboxylic acids is 3. The molecule has 0 radical (unpaired) electrons. The van der Waals surface area contributed by atoms with Gasteiger partial charge in [-0.3, -0.25) is 25.2 Å². The van der Waals surface area contributed by atoms with E-state index in [0.29, 0.717) is 12.2 Å². The smallest absolute Gasteiger partial charge is 0.306 e. The SMILES string of the molecule is CCCCC(=O)OCC(=O)NNC(=O)COc1ccc(Br)cc1. The molecule has 126 valence electrons. The Morgan fingerprint density at radius 3 is 2.26 bits per heavy atom. The molecule has 0 aliphatic rings. The monoisotopic (exact) mass is 386 g/mol. The summed E-state index contributed by atoms with van der Waals surface area (Å²) in [4.78, 5) is 34.1. The van der Waals surface area contributed by atoms with Gasteiger partial charge in [0, 0.05) is 10.9 Å². The number of amides is 2. The summed E-state index contributed by atoms with van der Waals surface area (Å²) in [6.45, 7) is 1.26. The molecular formula is C15H19BrN2O5. The van der Waals surface area contributed by atoms with Crippen molar-refractivity contribution in [2.45, 2.75) is 26.2 Å². The molecule has 2 N–H and O–H groups in total. The predicted molar refractivity (Wildman–Crippen MR) is 86.4 cm³/mol. The van der Waals surface area contributed by atoms with E-state index in [9.17, 15) is 14.4 Å². The Labute approximate surface area is 142 Å². The quantitative estimate of drug-likeness (QED) is 0.523. The van der Waals surface area contributed by atoms with Crippen molar-refractivity contribution < 1.29 is 23.9 Å². The average Bonchev–Trinajstić information content (AvgIpc) is 2.55. The molecular weight excluding hydrogens is 368 g/mol. The lowest BCUT2D eigenvalue weighted by molar-refractivity contribution is -0.149. The Morgan fingerprint density at radius 2 is 1.65 bits per heavy atom. The van der Waals surface area contributed by atoms with Crippen LogP contribution in [0.1, 0.15) is 26.2 Å². The van der Waals surface area contributed by atoms with Crippen LogP contribution in [0.15, 0.2) is 28.7 Å². The van der Waals surface area contributed by atoms with Gasteiger partial charge in [-0.2, -0.15) is 0 Å². The van der Waals surface area contributed by atoms with Crippen LogP contribution in [0.2, 0.25) is 0 Å². The molecule has 0 spiro atoms. The number of halogens is 1. The van der Waals surface area contributed by atoms with Crippen LogP contribution in [0.3, 0.4) is 0 Å². The summed E-state index contributed by atoms with van der Waals surface area (Å²) < 4.78 is 10.9. The third-order valence-electron chi connectivity index (χ3n) is 2.62. The maximum absolute atomic E-state index is 11.5. The van der Waals surface area contributed by atoms with Crippen molar-refractivity contribution in [1.82, 2.24) is 10.9 Å². The molecule has 8 heteroatoms. The van der Waals surface area contributed by atoms with Crippen molar-refractivity contribution >= 4 is 33.7 Å². The van der Waals surface area contributed by atoms with E-state index >= 15 is 0 Å². The summed E-state index contributed by atoms with van der Waals surface area (Å²) in [7, 11) is 0. The number of hydrogen-bond donors (Lipinski definition) is 2. The first-order valence-electron chi connectivity index (χ1n) is 7.13. The third kappa shape index (κ3) is 8.82. The van der Waals surface area contributed by atoms with E-state index < -0.39 is 24.4 Å². The molecule has 23 heavy (non-hydrogen) atoms. The highest BCUT2D eigenvalue weighted by Crippen LogP contribution is 2.15. The van der Waals surface area contributed by atoms with Gasteiger partial charge in [0.1, 0.15) is 5.75 Å². The molecule has 0 saturated carbocycles. The fourth-order valence-corrected chi connectivity index (χ4v) is 1.69. The number of ether oxygens (including phenoxy) is 2. The predicted octanol–water partition coefficient (Wildman–Crippen LogP) is 1.71. The van der Waals surface area contributed by atoms with Crippen LogP contribution in [0.5, 0.6) is 5.75 Å². The molecule has 0 unspecified atom stereocenters. The van der Waals surface area contributed by atoms with E-state index in [1.165, 1.54) is 0 Å². The molecule has 0 atom stereocenters. The molecule has 1 rings (SSSR count). The van der Waals surface area contributed by atoms with Gasteiger partial charge < -0.3 is 9.47 Å². The first kappa shape index (κ1) is 19.0. The van der Waals surface area contributed by atoms with Crippen molar-refractivity contribution in [2.75, 3.05) is 13.2 Å². The maximum atomic E-state index is 11.5. The Kier molecular flexibility index (Phi) is 8.74. The zero-order valence-electron chi connectivity index (χ0n) is 12.8. The Hall–Kier alpha value is -2.09. The molecule has 7 nitrogen and oxygen atoms in total. The summed E-state index contributed by atoms with van der Waals surface area (Å²) in [6.07, 6.45) is 1.86. The van der Waals surface area contributed by atoms with Crippen molar-refractivity contribution in [3.8, 4) is 5.75 Å². The van der Waals surface area contributed by atoms with Crippen molar-refractivity contribution in [2.24, 2.45) is 0 Å². The largest absolute Gasteiger partial charge is 0.484 e. The molecule has 2 amide bonds. The van der Waals surface area contributed by atoms with Crippen LogP contribution in [-0.2, 0) is 19.1 Å². The highest BCUT2D eigenvalue weighted by atomic mass is 79.9. The van der Waals surface area contributed by atoms with Gasteiger partial charge >= 0.3 is 5.97 Å².